The van der Waals surface area contributed by atoms with Crippen molar-refractivity contribution in [1.82, 2.24) is 0 Å². The third-order valence-electron chi connectivity index (χ3n) is 4.05. The fraction of sp³-hybridized carbons (Fsp3) is 0.316. The maximum Gasteiger partial charge on any atom is 0.328 e. The summed E-state index contributed by atoms with van der Waals surface area (Å²) in [6.45, 7) is 5.37. The lowest BCUT2D eigenvalue weighted by molar-refractivity contribution is -0.142. The molecule has 0 saturated carbocycles. The van der Waals surface area contributed by atoms with Gasteiger partial charge in [-0.1, -0.05) is 39.8 Å². The minimum atomic E-state index is -0.813. The van der Waals surface area contributed by atoms with Crippen LogP contribution in [0.5, 0.6) is 0 Å². The molecule has 0 spiro atoms. The highest BCUT2D eigenvalue weighted by atomic mass is 79.9. The zero-order valence-electron chi connectivity index (χ0n) is 15.4. The van der Waals surface area contributed by atoms with Crippen molar-refractivity contribution in [3.63, 3.8) is 0 Å². The van der Waals surface area contributed by atoms with Crippen molar-refractivity contribution in [3.8, 4) is 0 Å². The van der Waals surface area contributed by atoms with E-state index in [1.165, 1.54) is 23.3 Å². The second-order valence-electron chi connectivity index (χ2n) is 5.85. The fourth-order valence-electron chi connectivity index (χ4n) is 2.65. The first-order valence-electron chi connectivity index (χ1n) is 8.14. The van der Waals surface area contributed by atoms with E-state index in [9.17, 15) is 14.4 Å². The third kappa shape index (κ3) is 5.00. The fourth-order valence-corrected chi connectivity index (χ4v) is 4.46. The summed E-state index contributed by atoms with van der Waals surface area (Å²) in [7, 11) is 1.29. The standard InChI is InChI=1S/C19H20BrNO4S2/c1-11-7-8-14(20)12(2)17(11)21(13(3)18(23)25-4)16(22)10-27-19(24)15-6-5-9-26-15/h5-9,13H,10H2,1-4H3. The van der Waals surface area contributed by atoms with Crippen LogP contribution in [0.2, 0.25) is 0 Å². The Morgan fingerprint density at radius 2 is 1.96 bits per heavy atom. The molecule has 1 aromatic carbocycles. The molecule has 2 aromatic rings. The predicted octanol–water partition coefficient (Wildman–Crippen LogP) is 4.60. The Kier molecular flexibility index (Phi) is 7.64. The van der Waals surface area contributed by atoms with Crippen LogP contribution < -0.4 is 4.90 Å². The Morgan fingerprint density at radius 1 is 1.26 bits per heavy atom. The summed E-state index contributed by atoms with van der Waals surface area (Å²) < 4.78 is 5.68. The van der Waals surface area contributed by atoms with Crippen molar-refractivity contribution in [1.29, 1.82) is 0 Å². The smallest absolute Gasteiger partial charge is 0.328 e. The second kappa shape index (κ2) is 9.52. The van der Waals surface area contributed by atoms with Gasteiger partial charge in [-0.25, -0.2) is 4.79 Å². The highest BCUT2D eigenvalue weighted by molar-refractivity contribution is 9.10. The number of aryl methyl sites for hydroxylation is 1. The summed E-state index contributed by atoms with van der Waals surface area (Å²) in [6, 6.07) is 6.48. The quantitative estimate of drug-likeness (QED) is 0.578. The van der Waals surface area contributed by atoms with Gasteiger partial charge in [-0.15, -0.1) is 11.3 Å². The molecule has 1 unspecified atom stereocenters. The molecule has 144 valence electrons. The second-order valence-corrected chi connectivity index (χ2v) is 8.60. The molecule has 2 rings (SSSR count). The molecule has 27 heavy (non-hydrogen) atoms. The number of rotatable bonds is 6. The van der Waals surface area contributed by atoms with Crippen LogP contribution in [0.3, 0.4) is 0 Å². The number of esters is 1. The van der Waals surface area contributed by atoms with E-state index in [0.29, 0.717) is 10.6 Å². The van der Waals surface area contributed by atoms with E-state index >= 15 is 0 Å². The molecule has 0 bridgehead atoms. The van der Waals surface area contributed by atoms with E-state index in [4.69, 9.17) is 4.74 Å². The molecule has 0 aliphatic carbocycles. The molecule has 0 radical (unpaired) electrons. The molecule has 1 heterocycles. The number of carbonyl (C=O) groups is 3. The third-order valence-corrected chi connectivity index (χ3v) is 6.79. The van der Waals surface area contributed by atoms with Crippen LogP contribution in [0.1, 0.15) is 27.7 Å². The Balaban J connectivity index is 2.33. The van der Waals surface area contributed by atoms with Crippen molar-refractivity contribution in [2.24, 2.45) is 0 Å². The molecule has 0 aliphatic rings. The van der Waals surface area contributed by atoms with E-state index in [0.717, 1.165) is 27.4 Å². The number of anilines is 1. The molecule has 0 aliphatic heterocycles. The van der Waals surface area contributed by atoms with Crippen molar-refractivity contribution in [2.75, 3.05) is 17.8 Å². The van der Waals surface area contributed by atoms with Crippen LogP contribution in [0, 0.1) is 13.8 Å². The van der Waals surface area contributed by atoms with Crippen molar-refractivity contribution >= 4 is 61.7 Å². The van der Waals surface area contributed by atoms with Gasteiger partial charge in [0, 0.05) is 4.47 Å². The molecular formula is C19H20BrNO4S2. The van der Waals surface area contributed by atoms with E-state index in [1.807, 2.05) is 31.4 Å². The number of ether oxygens (including phenoxy) is 1. The minimum absolute atomic E-state index is 0.0660. The number of thiophene rings is 1. The van der Waals surface area contributed by atoms with Gasteiger partial charge in [0.2, 0.25) is 11.0 Å². The lowest BCUT2D eigenvalue weighted by Gasteiger charge is -2.30. The van der Waals surface area contributed by atoms with Crippen molar-refractivity contribution < 1.29 is 19.1 Å². The normalized spacial score (nSPS) is 11.7. The van der Waals surface area contributed by atoms with Gasteiger partial charge in [-0.05, 0) is 49.4 Å². The summed E-state index contributed by atoms with van der Waals surface area (Å²) in [4.78, 5) is 39.4. The molecular weight excluding hydrogens is 450 g/mol. The maximum absolute atomic E-state index is 13.0. The van der Waals surface area contributed by atoms with Crippen LogP contribution in [-0.4, -0.2) is 35.9 Å². The Hall–Kier alpha value is -1.64. The molecule has 5 nitrogen and oxygen atoms in total. The number of benzene rings is 1. The van der Waals surface area contributed by atoms with Crippen LogP contribution in [-0.2, 0) is 14.3 Å². The van der Waals surface area contributed by atoms with Crippen LogP contribution >= 0.6 is 39.0 Å². The average Bonchev–Trinajstić information content (AvgIpc) is 3.19. The van der Waals surface area contributed by atoms with Crippen LogP contribution in [0.15, 0.2) is 34.1 Å². The van der Waals surface area contributed by atoms with Gasteiger partial charge in [0.25, 0.3) is 0 Å². The monoisotopic (exact) mass is 469 g/mol. The highest BCUT2D eigenvalue weighted by Gasteiger charge is 2.31. The van der Waals surface area contributed by atoms with Crippen LogP contribution in [0.4, 0.5) is 5.69 Å². The number of halogens is 1. The minimum Gasteiger partial charge on any atom is -0.467 e. The predicted molar refractivity (Wildman–Crippen MR) is 114 cm³/mol. The number of thioether (sulfide) groups is 1. The van der Waals surface area contributed by atoms with Crippen molar-refractivity contribution in [2.45, 2.75) is 26.8 Å². The van der Waals surface area contributed by atoms with Crippen molar-refractivity contribution in [3.05, 3.63) is 50.1 Å². The molecule has 8 heteroatoms. The summed E-state index contributed by atoms with van der Waals surface area (Å²) >= 11 is 5.75. The van der Waals surface area contributed by atoms with E-state index in [-0.39, 0.29) is 16.8 Å². The Bertz CT molecular complexity index is 852. The number of carbonyl (C=O) groups excluding carboxylic acids is 3. The zero-order valence-corrected chi connectivity index (χ0v) is 18.7. The lowest BCUT2D eigenvalue weighted by atomic mass is 10.1. The van der Waals surface area contributed by atoms with Gasteiger partial charge in [-0.2, -0.15) is 0 Å². The van der Waals surface area contributed by atoms with Gasteiger partial charge >= 0.3 is 5.97 Å². The summed E-state index contributed by atoms with van der Waals surface area (Å²) in [5, 5.41) is 1.65. The van der Waals surface area contributed by atoms with Gasteiger partial charge in [-0.3, -0.25) is 14.5 Å². The summed E-state index contributed by atoms with van der Waals surface area (Å²) in [5.41, 5.74) is 2.35. The molecule has 1 amide bonds. The van der Waals surface area contributed by atoms with Gasteiger partial charge in [0.05, 0.1) is 23.4 Å². The highest BCUT2D eigenvalue weighted by Crippen LogP contribution is 2.33. The number of nitrogens with zero attached hydrogens (tertiary/aromatic N) is 1. The molecule has 0 saturated heterocycles. The number of hydrogen-bond acceptors (Lipinski definition) is 6. The maximum atomic E-state index is 13.0. The van der Waals surface area contributed by atoms with Gasteiger partial charge < -0.3 is 4.74 Å². The molecule has 0 fully saturated rings. The largest absolute Gasteiger partial charge is 0.467 e. The Labute approximate surface area is 175 Å². The van der Waals surface area contributed by atoms with Gasteiger partial charge in [0.15, 0.2) is 0 Å². The molecule has 1 atom stereocenters. The first kappa shape index (κ1) is 21.7. The number of hydrogen-bond donors (Lipinski definition) is 0. The van der Waals surface area contributed by atoms with E-state index in [2.05, 4.69) is 15.9 Å². The van der Waals surface area contributed by atoms with Gasteiger partial charge in [0.1, 0.15) is 6.04 Å². The summed E-state index contributed by atoms with van der Waals surface area (Å²) in [5.74, 6) is -0.910. The van der Waals surface area contributed by atoms with E-state index < -0.39 is 12.0 Å². The molecule has 1 aromatic heterocycles. The van der Waals surface area contributed by atoms with E-state index in [1.54, 1.807) is 19.1 Å². The topological polar surface area (TPSA) is 63.7 Å². The summed E-state index contributed by atoms with van der Waals surface area (Å²) in [6.07, 6.45) is 0. The SMILES string of the molecule is COC(=O)C(C)N(C(=O)CSC(=O)c1cccs1)c1c(C)ccc(Br)c1C. The number of amides is 1. The first-order valence-corrected chi connectivity index (χ1v) is 10.8. The Morgan fingerprint density at radius 3 is 2.56 bits per heavy atom. The first-order chi connectivity index (χ1) is 12.8. The molecule has 0 N–H and O–H groups in total. The lowest BCUT2D eigenvalue weighted by Crippen LogP contribution is -2.45. The average molecular weight is 470 g/mol. The van der Waals surface area contributed by atoms with Crippen LogP contribution in [0.25, 0.3) is 0 Å². The number of methoxy groups -OCH3 is 1. The zero-order chi connectivity index (χ0) is 20.1.